The van der Waals surface area contributed by atoms with Gasteiger partial charge in [-0.15, -0.1) is 0 Å². The average Bonchev–Trinajstić information content (AvgIpc) is 3.21. The van der Waals surface area contributed by atoms with Gasteiger partial charge in [-0.1, -0.05) is 55.8 Å². The third kappa shape index (κ3) is 4.45. The summed E-state index contributed by atoms with van der Waals surface area (Å²) in [6, 6.07) is 23.6. The third-order valence-corrected chi connectivity index (χ3v) is 6.85. The number of para-hydroxylation sites is 1. The molecule has 0 saturated carbocycles. The molecule has 2 N–H and O–H groups in total. The summed E-state index contributed by atoms with van der Waals surface area (Å²) in [5.74, 6) is -0.466. The van der Waals surface area contributed by atoms with Crippen LogP contribution in [-0.2, 0) is 25.9 Å². The summed E-state index contributed by atoms with van der Waals surface area (Å²) in [6.45, 7) is 4.04. The molecule has 0 saturated heterocycles. The van der Waals surface area contributed by atoms with E-state index in [1.54, 1.807) is 17.6 Å². The van der Waals surface area contributed by atoms with E-state index in [0.717, 1.165) is 41.6 Å². The van der Waals surface area contributed by atoms with Gasteiger partial charge in [-0.3, -0.25) is 14.8 Å². The average molecular weight is 468 g/mol. The van der Waals surface area contributed by atoms with Crippen LogP contribution in [0.1, 0.15) is 56.4 Å². The van der Waals surface area contributed by atoms with E-state index in [9.17, 15) is 9.59 Å². The number of hydrogen-bond donors (Lipinski definition) is 2. The van der Waals surface area contributed by atoms with Gasteiger partial charge in [-0.05, 0) is 59.9 Å². The normalized spacial score (nSPS) is 13.0. The van der Waals surface area contributed by atoms with E-state index >= 15 is 0 Å². The largest absolute Gasteiger partial charge is 0.338 e. The molecule has 2 heterocycles. The minimum Gasteiger partial charge on any atom is -0.338 e. The summed E-state index contributed by atoms with van der Waals surface area (Å²) >= 11 is 0. The van der Waals surface area contributed by atoms with Gasteiger partial charge in [0.15, 0.2) is 0 Å². The van der Waals surface area contributed by atoms with Crippen LogP contribution in [0.15, 0.2) is 72.8 Å². The number of nitrogens with one attached hydrogen (secondary N) is 1. The number of carbonyl (C=O) groups is 2. The first kappa shape index (κ1) is 22.9. The second-order valence-electron chi connectivity index (χ2n) is 9.09. The van der Waals surface area contributed by atoms with Crippen LogP contribution in [0, 0.1) is 0 Å². The van der Waals surface area contributed by atoms with Crippen LogP contribution in [0.5, 0.6) is 0 Å². The standard InChI is InChI=1S/C29H29N3O3/c1-2-5-20-8-14-23(15-9-20)29(34)31-17-16-25-24-6-3-4-7-26(24)32(27(25)19-31)18-21-10-12-22(13-11-21)28(33)30-35/h3-4,6-15,35H,2,5,16-19H2,1H3,(H,30,33). The smallest absolute Gasteiger partial charge is 0.274 e. The Morgan fingerprint density at radius 2 is 1.60 bits per heavy atom. The molecule has 0 fully saturated rings. The molecule has 6 heteroatoms. The van der Waals surface area contributed by atoms with Crippen molar-refractivity contribution in [2.24, 2.45) is 0 Å². The van der Waals surface area contributed by atoms with Gasteiger partial charge in [0.25, 0.3) is 11.8 Å². The van der Waals surface area contributed by atoms with E-state index in [1.807, 2.05) is 35.2 Å². The minimum atomic E-state index is -0.530. The molecule has 1 aromatic heterocycles. The van der Waals surface area contributed by atoms with E-state index < -0.39 is 5.91 Å². The summed E-state index contributed by atoms with van der Waals surface area (Å²) in [5.41, 5.74) is 8.70. The van der Waals surface area contributed by atoms with Crippen molar-refractivity contribution in [3.05, 3.63) is 106 Å². The van der Waals surface area contributed by atoms with Crippen LogP contribution < -0.4 is 5.48 Å². The molecule has 0 radical (unpaired) electrons. The highest BCUT2D eigenvalue weighted by Crippen LogP contribution is 2.32. The predicted molar refractivity (Wildman–Crippen MR) is 136 cm³/mol. The van der Waals surface area contributed by atoms with E-state index in [-0.39, 0.29) is 5.91 Å². The Labute approximate surface area is 204 Å². The molecule has 0 unspecified atom stereocenters. The number of benzene rings is 3. The molecule has 1 aliphatic rings. The van der Waals surface area contributed by atoms with E-state index in [2.05, 4.69) is 41.8 Å². The maximum Gasteiger partial charge on any atom is 0.274 e. The number of carbonyl (C=O) groups excluding carboxylic acids is 2. The van der Waals surface area contributed by atoms with E-state index in [1.165, 1.54) is 16.5 Å². The Bertz CT molecular complexity index is 1370. The molecule has 5 rings (SSSR count). The van der Waals surface area contributed by atoms with Gasteiger partial charge in [0.2, 0.25) is 0 Å². The summed E-state index contributed by atoms with van der Waals surface area (Å²) in [4.78, 5) is 27.0. The lowest BCUT2D eigenvalue weighted by atomic mass is 10.0. The highest BCUT2D eigenvalue weighted by molar-refractivity contribution is 5.95. The lowest BCUT2D eigenvalue weighted by molar-refractivity contribution is 0.0705. The molecule has 35 heavy (non-hydrogen) atoms. The van der Waals surface area contributed by atoms with Crippen LogP contribution in [0.3, 0.4) is 0 Å². The van der Waals surface area contributed by atoms with Crippen LogP contribution in [0.2, 0.25) is 0 Å². The van der Waals surface area contributed by atoms with Crippen molar-refractivity contribution in [2.45, 2.75) is 39.3 Å². The highest BCUT2D eigenvalue weighted by Gasteiger charge is 2.27. The van der Waals surface area contributed by atoms with Crippen molar-refractivity contribution in [2.75, 3.05) is 6.54 Å². The van der Waals surface area contributed by atoms with Crippen molar-refractivity contribution < 1.29 is 14.8 Å². The van der Waals surface area contributed by atoms with Gasteiger partial charge in [-0.2, -0.15) is 0 Å². The maximum atomic E-state index is 13.4. The molecule has 1 aliphatic heterocycles. The Morgan fingerprint density at radius 3 is 2.31 bits per heavy atom. The molecular weight excluding hydrogens is 438 g/mol. The van der Waals surface area contributed by atoms with Crippen molar-refractivity contribution in [3.63, 3.8) is 0 Å². The van der Waals surface area contributed by atoms with Gasteiger partial charge in [0, 0.05) is 40.8 Å². The Kier molecular flexibility index (Phi) is 6.38. The molecule has 3 aromatic carbocycles. The topological polar surface area (TPSA) is 74.6 Å². The van der Waals surface area contributed by atoms with Gasteiger partial charge >= 0.3 is 0 Å². The first-order valence-electron chi connectivity index (χ1n) is 12.1. The van der Waals surface area contributed by atoms with Crippen molar-refractivity contribution >= 4 is 22.7 Å². The van der Waals surface area contributed by atoms with Crippen LogP contribution in [0.25, 0.3) is 10.9 Å². The molecular formula is C29H29N3O3. The molecule has 178 valence electrons. The monoisotopic (exact) mass is 467 g/mol. The number of aryl methyl sites for hydroxylation is 1. The van der Waals surface area contributed by atoms with Crippen LogP contribution in [-0.4, -0.2) is 33.0 Å². The summed E-state index contributed by atoms with van der Waals surface area (Å²) in [5, 5.41) is 10.1. The number of aromatic nitrogens is 1. The van der Waals surface area contributed by atoms with Gasteiger partial charge in [0.05, 0.1) is 6.54 Å². The quantitative estimate of drug-likeness (QED) is 0.311. The van der Waals surface area contributed by atoms with Crippen molar-refractivity contribution in [3.8, 4) is 0 Å². The van der Waals surface area contributed by atoms with E-state index in [0.29, 0.717) is 25.2 Å². The van der Waals surface area contributed by atoms with Gasteiger partial charge in [0.1, 0.15) is 0 Å². The van der Waals surface area contributed by atoms with E-state index in [4.69, 9.17) is 5.21 Å². The zero-order valence-corrected chi connectivity index (χ0v) is 19.8. The molecule has 0 bridgehead atoms. The molecule has 0 atom stereocenters. The van der Waals surface area contributed by atoms with Crippen molar-refractivity contribution in [1.82, 2.24) is 14.9 Å². The second-order valence-corrected chi connectivity index (χ2v) is 9.09. The summed E-state index contributed by atoms with van der Waals surface area (Å²) in [7, 11) is 0. The predicted octanol–water partition coefficient (Wildman–Crippen LogP) is 4.96. The Morgan fingerprint density at radius 1 is 0.914 bits per heavy atom. The molecule has 4 aromatic rings. The zero-order valence-electron chi connectivity index (χ0n) is 19.8. The number of rotatable bonds is 6. The van der Waals surface area contributed by atoms with Gasteiger partial charge < -0.3 is 9.47 Å². The molecule has 2 amide bonds. The summed E-state index contributed by atoms with van der Waals surface area (Å²) < 4.78 is 2.29. The molecule has 6 nitrogen and oxygen atoms in total. The fourth-order valence-corrected chi connectivity index (χ4v) is 5.04. The molecule has 0 spiro atoms. The number of amides is 2. The number of hydrogen-bond acceptors (Lipinski definition) is 3. The van der Waals surface area contributed by atoms with Crippen molar-refractivity contribution in [1.29, 1.82) is 0 Å². The fraction of sp³-hybridized carbons (Fsp3) is 0.241. The maximum absolute atomic E-state index is 13.4. The van der Waals surface area contributed by atoms with Crippen LogP contribution in [0.4, 0.5) is 0 Å². The minimum absolute atomic E-state index is 0.0647. The first-order valence-corrected chi connectivity index (χ1v) is 12.1. The lowest BCUT2D eigenvalue weighted by Crippen LogP contribution is -2.36. The number of nitrogens with zero attached hydrogens (tertiary/aromatic N) is 2. The zero-order chi connectivity index (χ0) is 24.4. The van der Waals surface area contributed by atoms with Gasteiger partial charge in [-0.25, -0.2) is 5.48 Å². The number of hydroxylamine groups is 1. The first-order chi connectivity index (χ1) is 17.1. The SMILES string of the molecule is CCCc1ccc(C(=O)N2CCc3c(n(Cc4ccc(C(=O)NO)cc4)c4ccccc34)C2)cc1. The number of fused-ring (bicyclic) bond motifs is 3. The second kappa shape index (κ2) is 9.76. The highest BCUT2D eigenvalue weighted by atomic mass is 16.5. The lowest BCUT2D eigenvalue weighted by Gasteiger charge is -2.29. The van der Waals surface area contributed by atoms with Crippen LogP contribution >= 0.6 is 0 Å². The Hall–Kier alpha value is -3.90. The summed E-state index contributed by atoms with van der Waals surface area (Å²) in [6.07, 6.45) is 2.93. The fourth-order valence-electron chi connectivity index (χ4n) is 5.04. The molecule has 0 aliphatic carbocycles. The third-order valence-electron chi connectivity index (χ3n) is 6.85. The Balaban J connectivity index is 1.45.